The van der Waals surface area contributed by atoms with Crippen LogP contribution in [0.1, 0.15) is 18.1 Å². The van der Waals surface area contributed by atoms with E-state index in [1.54, 1.807) is 0 Å². The van der Waals surface area contributed by atoms with Gasteiger partial charge in [-0.1, -0.05) is 60.7 Å². The summed E-state index contributed by atoms with van der Waals surface area (Å²) in [5.74, 6) is 1.03. The Morgan fingerprint density at radius 3 is 2.71 bits per heavy atom. The monoisotopic (exact) mass is 279 g/mol. The van der Waals surface area contributed by atoms with Crippen molar-refractivity contribution in [2.45, 2.75) is 19.6 Å². The highest BCUT2D eigenvalue weighted by Gasteiger charge is 2.18. The molecule has 1 unspecified atom stereocenters. The average molecular weight is 279 g/mol. The predicted octanol–water partition coefficient (Wildman–Crippen LogP) is 3.98. The van der Waals surface area contributed by atoms with Crippen LogP contribution in [0.4, 0.5) is 0 Å². The van der Waals surface area contributed by atoms with Gasteiger partial charge in [0.05, 0.1) is 0 Å². The standard InChI is InChI=1S/C19H21NO/c1-16-14-20(13-7-10-17-8-3-2-4-9-17)15-18-11-5-6-12-19(18)21-16/h2-12,16H,13-15H2,1H3/b10-7+. The molecule has 2 aromatic rings. The lowest BCUT2D eigenvalue weighted by Crippen LogP contribution is -2.31. The molecule has 0 saturated carbocycles. The van der Waals surface area contributed by atoms with Crippen molar-refractivity contribution >= 4 is 6.08 Å². The van der Waals surface area contributed by atoms with Gasteiger partial charge in [0.2, 0.25) is 0 Å². The molecule has 0 spiro atoms. The van der Waals surface area contributed by atoms with Crippen LogP contribution in [-0.4, -0.2) is 24.1 Å². The Labute approximate surface area is 126 Å². The molecule has 0 aromatic heterocycles. The van der Waals surface area contributed by atoms with Gasteiger partial charge in [-0.2, -0.15) is 0 Å². The van der Waals surface area contributed by atoms with Gasteiger partial charge >= 0.3 is 0 Å². The number of ether oxygens (including phenoxy) is 1. The van der Waals surface area contributed by atoms with Gasteiger partial charge in [-0.05, 0) is 18.6 Å². The zero-order chi connectivity index (χ0) is 14.5. The summed E-state index contributed by atoms with van der Waals surface area (Å²) in [6.45, 7) is 4.97. The van der Waals surface area contributed by atoms with E-state index in [0.29, 0.717) is 0 Å². The van der Waals surface area contributed by atoms with Crippen LogP contribution in [0, 0.1) is 0 Å². The quantitative estimate of drug-likeness (QED) is 0.842. The number of rotatable bonds is 3. The molecule has 0 aliphatic carbocycles. The summed E-state index contributed by atoms with van der Waals surface area (Å²) in [5.41, 5.74) is 2.52. The molecular weight excluding hydrogens is 258 g/mol. The maximum Gasteiger partial charge on any atom is 0.124 e. The molecule has 1 aliphatic rings. The summed E-state index contributed by atoms with van der Waals surface area (Å²) in [7, 11) is 0. The molecule has 1 aliphatic heterocycles. The van der Waals surface area contributed by atoms with E-state index < -0.39 is 0 Å². The number of para-hydroxylation sites is 1. The first kappa shape index (κ1) is 13.9. The first-order valence-electron chi connectivity index (χ1n) is 7.50. The van der Waals surface area contributed by atoms with Gasteiger partial charge in [-0.25, -0.2) is 0 Å². The third-order valence-electron chi connectivity index (χ3n) is 3.68. The molecule has 1 heterocycles. The van der Waals surface area contributed by atoms with Gasteiger partial charge in [0.25, 0.3) is 0 Å². The Hall–Kier alpha value is -2.06. The second-order valence-corrected chi connectivity index (χ2v) is 5.54. The van der Waals surface area contributed by atoms with Crippen LogP contribution in [0.3, 0.4) is 0 Å². The molecule has 1 atom stereocenters. The van der Waals surface area contributed by atoms with Crippen LogP contribution in [0.25, 0.3) is 6.08 Å². The van der Waals surface area contributed by atoms with E-state index in [9.17, 15) is 0 Å². The lowest BCUT2D eigenvalue weighted by Gasteiger charge is -2.19. The fourth-order valence-corrected chi connectivity index (χ4v) is 2.71. The molecule has 21 heavy (non-hydrogen) atoms. The fraction of sp³-hybridized carbons (Fsp3) is 0.263. The van der Waals surface area contributed by atoms with Crippen molar-refractivity contribution in [3.05, 3.63) is 71.8 Å². The van der Waals surface area contributed by atoms with Gasteiger partial charge in [0.15, 0.2) is 0 Å². The number of fused-ring (bicyclic) bond motifs is 1. The van der Waals surface area contributed by atoms with Crippen molar-refractivity contribution in [3.8, 4) is 5.75 Å². The first-order chi connectivity index (χ1) is 10.3. The molecule has 2 nitrogen and oxygen atoms in total. The lowest BCUT2D eigenvalue weighted by molar-refractivity contribution is 0.170. The Balaban J connectivity index is 1.67. The third kappa shape index (κ3) is 3.73. The maximum absolute atomic E-state index is 5.99. The molecule has 0 bridgehead atoms. The lowest BCUT2D eigenvalue weighted by atomic mass is 10.2. The predicted molar refractivity (Wildman–Crippen MR) is 87.3 cm³/mol. The van der Waals surface area contributed by atoms with Crippen molar-refractivity contribution in [1.82, 2.24) is 4.90 Å². The minimum absolute atomic E-state index is 0.221. The van der Waals surface area contributed by atoms with E-state index in [1.807, 2.05) is 12.1 Å². The molecule has 0 amide bonds. The van der Waals surface area contributed by atoms with E-state index in [0.717, 1.165) is 25.4 Å². The highest BCUT2D eigenvalue weighted by Crippen LogP contribution is 2.24. The van der Waals surface area contributed by atoms with Gasteiger partial charge in [0.1, 0.15) is 11.9 Å². The second-order valence-electron chi connectivity index (χ2n) is 5.54. The van der Waals surface area contributed by atoms with Crippen LogP contribution < -0.4 is 4.74 Å². The van der Waals surface area contributed by atoms with Gasteiger partial charge < -0.3 is 4.74 Å². The SMILES string of the molecule is CC1CN(C/C=C/c2ccccc2)Cc2ccccc2O1. The molecule has 3 rings (SSSR count). The molecule has 0 fully saturated rings. The summed E-state index contributed by atoms with van der Waals surface area (Å²) < 4.78 is 5.99. The van der Waals surface area contributed by atoms with Crippen molar-refractivity contribution in [2.24, 2.45) is 0 Å². The Morgan fingerprint density at radius 1 is 1.10 bits per heavy atom. The zero-order valence-electron chi connectivity index (χ0n) is 12.4. The van der Waals surface area contributed by atoms with Gasteiger partial charge in [0, 0.05) is 25.2 Å². The van der Waals surface area contributed by atoms with Crippen LogP contribution in [0.2, 0.25) is 0 Å². The van der Waals surface area contributed by atoms with Gasteiger partial charge in [-0.15, -0.1) is 0 Å². The normalized spacial score (nSPS) is 19.0. The average Bonchev–Trinajstić information content (AvgIpc) is 2.66. The molecule has 0 radical (unpaired) electrons. The van der Waals surface area contributed by atoms with E-state index >= 15 is 0 Å². The molecule has 2 aromatic carbocycles. The molecule has 108 valence electrons. The molecule has 0 saturated heterocycles. The zero-order valence-corrected chi connectivity index (χ0v) is 12.4. The number of nitrogens with zero attached hydrogens (tertiary/aromatic N) is 1. The summed E-state index contributed by atoms with van der Waals surface area (Å²) >= 11 is 0. The Morgan fingerprint density at radius 2 is 1.86 bits per heavy atom. The number of benzene rings is 2. The van der Waals surface area contributed by atoms with E-state index in [4.69, 9.17) is 4.74 Å². The van der Waals surface area contributed by atoms with Crippen molar-refractivity contribution in [3.63, 3.8) is 0 Å². The van der Waals surface area contributed by atoms with E-state index in [-0.39, 0.29) is 6.10 Å². The smallest absolute Gasteiger partial charge is 0.124 e. The highest BCUT2D eigenvalue weighted by atomic mass is 16.5. The van der Waals surface area contributed by atoms with Gasteiger partial charge in [-0.3, -0.25) is 4.90 Å². The van der Waals surface area contributed by atoms with E-state index in [1.165, 1.54) is 11.1 Å². The van der Waals surface area contributed by atoms with E-state index in [2.05, 4.69) is 66.4 Å². The highest BCUT2D eigenvalue weighted by molar-refractivity contribution is 5.48. The minimum Gasteiger partial charge on any atom is -0.489 e. The van der Waals surface area contributed by atoms with Crippen molar-refractivity contribution in [2.75, 3.05) is 13.1 Å². The van der Waals surface area contributed by atoms with Crippen LogP contribution >= 0.6 is 0 Å². The second kappa shape index (κ2) is 6.59. The summed E-state index contributed by atoms with van der Waals surface area (Å²) in [6, 6.07) is 18.8. The summed E-state index contributed by atoms with van der Waals surface area (Å²) in [4.78, 5) is 2.43. The summed E-state index contributed by atoms with van der Waals surface area (Å²) in [5, 5.41) is 0. The topological polar surface area (TPSA) is 12.5 Å². The number of hydrogen-bond acceptors (Lipinski definition) is 2. The van der Waals surface area contributed by atoms with Crippen LogP contribution in [0.15, 0.2) is 60.7 Å². The molecular formula is C19H21NO. The van der Waals surface area contributed by atoms with Crippen LogP contribution in [0.5, 0.6) is 5.75 Å². The van der Waals surface area contributed by atoms with Crippen LogP contribution in [-0.2, 0) is 6.54 Å². The largest absolute Gasteiger partial charge is 0.489 e. The minimum atomic E-state index is 0.221. The van der Waals surface area contributed by atoms with Crippen molar-refractivity contribution in [1.29, 1.82) is 0 Å². The maximum atomic E-state index is 5.99. The Kier molecular flexibility index (Phi) is 4.37. The first-order valence-corrected chi connectivity index (χ1v) is 7.50. The van der Waals surface area contributed by atoms with Crippen molar-refractivity contribution < 1.29 is 4.74 Å². The molecule has 2 heteroatoms. The number of hydrogen-bond donors (Lipinski definition) is 0. The Bertz CT molecular complexity index is 606. The fourth-order valence-electron chi connectivity index (χ4n) is 2.71. The summed E-state index contributed by atoms with van der Waals surface area (Å²) in [6.07, 6.45) is 4.64. The molecule has 0 N–H and O–H groups in total. The third-order valence-corrected chi connectivity index (χ3v) is 3.68.